The van der Waals surface area contributed by atoms with E-state index in [1.807, 2.05) is 50.2 Å². The highest BCUT2D eigenvalue weighted by molar-refractivity contribution is 6.04. The van der Waals surface area contributed by atoms with Crippen LogP contribution in [-0.4, -0.2) is 40.6 Å². The fourth-order valence-corrected chi connectivity index (χ4v) is 5.73. The third-order valence-corrected chi connectivity index (χ3v) is 8.42. The van der Waals surface area contributed by atoms with E-state index in [1.54, 1.807) is 6.07 Å². The molecule has 3 N–H and O–H groups in total. The average molecular weight is 614 g/mol. The molecule has 0 unspecified atom stereocenters. The first kappa shape index (κ1) is 31.4. The van der Waals surface area contributed by atoms with E-state index in [1.165, 1.54) is 38.0 Å². The molecule has 1 fully saturated rings. The van der Waals surface area contributed by atoms with Crippen LogP contribution in [-0.2, 0) is 25.4 Å². The van der Waals surface area contributed by atoms with Crippen molar-refractivity contribution in [2.24, 2.45) is 14.1 Å². The van der Waals surface area contributed by atoms with Gasteiger partial charge in [0.1, 0.15) is 17.1 Å². The lowest BCUT2D eigenvalue weighted by Crippen LogP contribution is -2.45. The van der Waals surface area contributed by atoms with Crippen molar-refractivity contribution < 1.29 is 18.7 Å². The number of benzene rings is 3. The lowest BCUT2D eigenvalue weighted by molar-refractivity contribution is -0.122. The number of methoxy groups -OCH3 is 1. The molecule has 2 amide bonds. The fraction of sp³-hybridized carbons (Fsp3) is 0.294. The van der Waals surface area contributed by atoms with Gasteiger partial charge in [0.15, 0.2) is 0 Å². The first-order chi connectivity index (χ1) is 21.5. The number of nitrogens with zero attached hydrogens (tertiary/aromatic N) is 2. The summed E-state index contributed by atoms with van der Waals surface area (Å²) in [6, 6.07) is 14.7. The predicted molar refractivity (Wildman–Crippen MR) is 171 cm³/mol. The molecule has 1 aliphatic heterocycles. The Hall–Kier alpha value is -5.03. The number of rotatable bonds is 8. The van der Waals surface area contributed by atoms with Gasteiger partial charge in [-0.3, -0.25) is 19.0 Å². The number of aromatic nitrogens is 2. The highest BCUT2D eigenvalue weighted by atomic mass is 19.1. The number of amides is 2. The zero-order chi connectivity index (χ0) is 32.4. The second kappa shape index (κ2) is 12.9. The quantitative estimate of drug-likeness (QED) is 0.278. The number of nitrogens with one attached hydrogen (secondary N) is 3. The maximum absolute atomic E-state index is 15.6. The summed E-state index contributed by atoms with van der Waals surface area (Å²) >= 11 is 0. The minimum atomic E-state index is -0.681. The van der Waals surface area contributed by atoms with Crippen LogP contribution in [0.4, 0.5) is 10.1 Å². The molecule has 1 saturated heterocycles. The average Bonchev–Trinajstić information content (AvgIpc) is 3.03. The molecule has 5 rings (SSSR count). The van der Waals surface area contributed by atoms with Crippen LogP contribution >= 0.6 is 0 Å². The molecule has 0 radical (unpaired) electrons. The number of halogens is 1. The Balaban J connectivity index is 1.44. The zero-order valence-corrected chi connectivity index (χ0v) is 25.9. The largest absolute Gasteiger partial charge is 0.496 e. The molecule has 11 heteroatoms. The van der Waals surface area contributed by atoms with Gasteiger partial charge in [-0.2, -0.15) is 0 Å². The van der Waals surface area contributed by atoms with E-state index in [-0.39, 0.29) is 24.1 Å². The molecule has 0 spiro atoms. The lowest BCUT2D eigenvalue weighted by atomic mass is 9.90. The van der Waals surface area contributed by atoms with E-state index >= 15 is 4.39 Å². The summed E-state index contributed by atoms with van der Waals surface area (Å²) in [6.45, 7) is 4.60. The lowest BCUT2D eigenvalue weighted by Gasteiger charge is -2.24. The SMILES string of the molecule is COc1cc(-c2cccc(-c3cccc(NC(=O)c4cn(C)c(=O)n(C)c4=O)c3C)c2C)cc(F)c1CN[C@H]1CCC(=O)NC1. The summed E-state index contributed by atoms with van der Waals surface area (Å²) in [6.07, 6.45) is 2.36. The highest BCUT2D eigenvalue weighted by Gasteiger charge is 2.21. The van der Waals surface area contributed by atoms with Crippen molar-refractivity contribution in [3.63, 3.8) is 0 Å². The Bertz CT molecular complexity index is 1920. The number of anilines is 1. The van der Waals surface area contributed by atoms with Gasteiger partial charge in [0, 0.05) is 57.1 Å². The maximum Gasteiger partial charge on any atom is 0.330 e. The Morgan fingerprint density at radius 3 is 2.40 bits per heavy atom. The predicted octanol–water partition coefficient (Wildman–Crippen LogP) is 3.80. The summed E-state index contributed by atoms with van der Waals surface area (Å²) in [5.41, 5.74) is 4.48. The fourth-order valence-electron chi connectivity index (χ4n) is 5.73. The number of piperidine rings is 1. The van der Waals surface area contributed by atoms with E-state index in [0.717, 1.165) is 32.4 Å². The molecule has 0 saturated carbocycles. The van der Waals surface area contributed by atoms with E-state index in [4.69, 9.17) is 4.74 Å². The summed E-state index contributed by atoms with van der Waals surface area (Å²) in [5.74, 6) is -0.569. The summed E-state index contributed by atoms with van der Waals surface area (Å²) in [5, 5.41) is 8.97. The van der Waals surface area contributed by atoms with Gasteiger partial charge >= 0.3 is 5.69 Å². The number of carbonyl (C=O) groups is 2. The number of aryl methyl sites for hydroxylation is 1. The minimum absolute atomic E-state index is 0.0267. The number of ether oxygens (including phenoxy) is 1. The van der Waals surface area contributed by atoms with Gasteiger partial charge in [0.2, 0.25) is 5.91 Å². The van der Waals surface area contributed by atoms with Crippen molar-refractivity contribution in [2.45, 2.75) is 39.3 Å². The Labute approximate surface area is 259 Å². The van der Waals surface area contributed by atoms with Crippen molar-refractivity contribution in [3.8, 4) is 28.0 Å². The molecule has 0 bridgehead atoms. The van der Waals surface area contributed by atoms with E-state index in [2.05, 4.69) is 16.0 Å². The second-order valence-electron chi connectivity index (χ2n) is 11.3. The minimum Gasteiger partial charge on any atom is -0.496 e. The van der Waals surface area contributed by atoms with Crippen LogP contribution in [0.5, 0.6) is 5.75 Å². The molecule has 0 aliphatic carbocycles. The van der Waals surface area contributed by atoms with Gasteiger partial charge < -0.3 is 25.3 Å². The van der Waals surface area contributed by atoms with Crippen molar-refractivity contribution in [3.05, 3.63) is 104 Å². The van der Waals surface area contributed by atoms with Gasteiger partial charge in [0.25, 0.3) is 11.5 Å². The molecular weight excluding hydrogens is 577 g/mol. The summed E-state index contributed by atoms with van der Waals surface area (Å²) < 4.78 is 23.2. The molecule has 45 heavy (non-hydrogen) atoms. The van der Waals surface area contributed by atoms with Gasteiger partial charge in [-0.25, -0.2) is 9.18 Å². The maximum atomic E-state index is 15.6. The van der Waals surface area contributed by atoms with Crippen molar-refractivity contribution >= 4 is 17.5 Å². The molecule has 234 valence electrons. The monoisotopic (exact) mass is 613 g/mol. The Kier molecular flexibility index (Phi) is 9.01. The molecule has 3 aromatic carbocycles. The zero-order valence-electron chi connectivity index (χ0n) is 25.9. The molecule has 1 aliphatic rings. The molecule has 10 nitrogen and oxygen atoms in total. The van der Waals surface area contributed by atoms with Gasteiger partial charge in [0.05, 0.1) is 7.11 Å². The highest BCUT2D eigenvalue weighted by Crippen LogP contribution is 2.37. The normalized spacial score (nSPS) is 14.6. The third-order valence-electron chi connectivity index (χ3n) is 8.42. The molecule has 2 heterocycles. The Morgan fingerprint density at radius 1 is 1.02 bits per heavy atom. The van der Waals surface area contributed by atoms with Gasteiger partial charge in [-0.1, -0.05) is 30.3 Å². The number of carbonyl (C=O) groups excluding carboxylic acids is 2. The van der Waals surface area contributed by atoms with Crippen molar-refractivity contribution in [1.82, 2.24) is 19.8 Å². The molecule has 4 aromatic rings. The first-order valence-electron chi connectivity index (χ1n) is 14.6. The third kappa shape index (κ3) is 6.30. The van der Waals surface area contributed by atoms with Crippen molar-refractivity contribution in [2.75, 3.05) is 19.0 Å². The van der Waals surface area contributed by atoms with Crippen LogP contribution in [0.25, 0.3) is 22.3 Å². The van der Waals surface area contributed by atoms with Gasteiger partial charge in [-0.15, -0.1) is 0 Å². The summed E-state index contributed by atoms with van der Waals surface area (Å²) in [4.78, 5) is 49.3. The second-order valence-corrected chi connectivity index (χ2v) is 11.3. The van der Waals surface area contributed by atoms with Gasteiger partial charge in [-0.05, 0) is 71.8 Å². The topological polar surface area (TPSA) is 123 Å². The Morgan fingerprint density at radius 2 is 1.71 bits per heavy atom. The van der Waals surface area contributed by atoms with Crippen LogP contribution in [0.15, 0.2) is 64.3 Å². The summed E-state index contributed by atoms with van der Waals surface area (Å²) in [7, 11) is 4.32. The van der Waals surface area contributed by atoms with Crippen LogP contribution in [0.2, 0.25) is 0 Å². The van der Waals surface area contributed by atoms with Crippen molar-refractivity contribution in [1.29, 1.82) is 0 Å². The number of hydrogen-bond donors (Lipinski definition) is 3. The first-order valence-corrected chi connectivity index (χ1v) is 14.6. The van der Waals surface area contributed by atoms with Crippen LogP contribution in [0.3, 0.4) is 0 Å². The van der Waals surface area contributed by atoms with Crippen LogP contribution in [0.1, 0.15) is 39.9 Å². The van der Waals surface area contributed by atoms with Crippen LogP contribution in [0, 0.1) is 19.7 Å². The van der Waals surface area contributed by atoms with E-state index < -0.39 is 23.0 Å². The molecule has 1 atom stereocenters. The smallest absolute Gasteiger partial charge is 0.330 e. The van der Waals surface area contributed by atoms with E-state index in [0.29, 0.717) is 42.0 Å². The standard InChI is InChI=1S/C34H36FN5O5/c1-19-23(21-14-28(35)26(30(15-21)45-5)17-36-22-12-13-31(41)37-16-22)8-6-9-24(19)25-10-7-11-29(20(25)2)38-32(42)27-18-39(3)34(44)40(4)33(27)43/h6-11,14-15,18,22,36H,12-13,16-17H2,1-5H3,(H,37,41)(H,38,42)/t22-/m0/s1. The molecular formula is C34H36FN5O5. The number of hydrogen-bond acceptors (Lipinski definition) is 6. The van der Waals surface area contributed by atoms with Crippen LogP contribution < -0.4 is 31.9 Å². The molecule has 1 aromatic heterocycles. The van der Waals surface area contributed by atoms with E-state index in [9.17, 15) is 19.2 Å².